The van der Waals surface area contributed by atoms with Crippen molar-refractivity contribution in [2.24, 2.45) is 0 Å². The van der Waals surface area contributed by atoms with Gasteiger partial charge in [-0.15, -0.1) is 0 Å². The fourth-order valence-corrected chi connectivity index (χ4v) is 3.31. The van der Waals surface area contributed by atoms with Crippen LogP contribution in [0.1, 0.15) is 5.56 Å². The number of carbonyl (C=O) groups excluding carboxylic acids is 1. The SMILES string of the molecule is COC(=O)C(=Cc1ccccc1)CS(=O)(=O)c1ccccc1. The molecule has 0 saturated carbocycles. The standard InChI is InChI=1S/C17H16O4S/c1-21-17(18)15(12-14-8-4-2-5-9-14)13-22(19,20)16-10-6-3-7-11-16/h2-12H,13H2,1H3. The lowest BCUT2D eigenvalue weighted by Gasteiger charge is -2.07. The molecule has 0 aliphatic heterocycles. The zero-order chi connectivity index (χ0) is 16.0. The first-order chi connectivity index (χ1) is 10.5. The van der Waals surface area contributed by atoms with Gasteiger partial charge >= 0.3 is 5.97 Å². The molecule has 0 heterocycles. The van der Waals surface area contributed by atoms with E-state index in [2.05, 4.69) is 0 Å². The third-order valence-corrected chi connectivity index (χ3v) is 4.72. The van der Waals surface area contributed by atoms with Gasteiger partial charge < -0.3 is 4.74 Å². The van der Waals surface area contributed by atoms with Crippen LogP contribution in [-0.2, 0) is 19.4 Å². The Morgan fingerprint density at radius 3 is 2.09 bits per heavy atom. The summed E-state index contributed by atoms with van der Waals surface area (Å²) in [4.78, 5) is 12.0. The molecule has 2 aromatic rings. The predicted molar refractivity (Wildman–Crippen MR) is 84.9 cm³/mol. The van der Waals surface area contributed by atoms with E-state index >= 15 is 0 Å². The summed E-state index contributed by atoms with van der Waals surface area (Å²) in [5.74, 6) is -1.05. The molecule has 4 nitrogen and oxygen atoms in total. The quantitative estimate of drug-likeness (QED) is 0.628. The van der Waals surface area contributed by atoms with Crippen LogP contribution in [0.2, 0.25) is 0 Å². The van der Waals surface area contributed by atoms with Crippen molar-refractivity contribution < 1.29 is 17.9 Å². The Kier molecular flexibility index (Phi) is 5.12. The molecule has 0 aromatic heterocycles. The van der Waals surface area contributed by atoms with Gasteiger partial charge in [-0.25, -0.2) is 13.2 Å². The first-order valence-corrected chi connectivity index (χ1v) is 8.30. The van der Waals surface area contributed by atoms with Gasteiger partial charge in [0.05, 0.1) is 23.3 Å². The summed E-state index contributed by atoms with van der Waals surface area (Å²) in [5, 5.41) is 0. The molecular formula is C17H16O4S. The third kappa shape index (κ3) is 4.05. The van der Waals surface area contributed by atoms with E-state index in [0.29, 0.717) is 0 Å². The van der Waals surface area contributed by atoms with Gasteiger partial charge in [0.2, 0.25) is 0 Å². The van der Waals surface area contributed by atoms with Crippen molar-refractivity contribution in [2.75, 3.05) is 12.9 Å². The van der Waals surface area contributed by atoms with Crippen LogP contribution in [0.25, 0.3) is 6.08 Å². The molecule has 0 bridgehead atoms. The smallest absolute Gasteiger partial charge is 0.334 e. The molecule has 0 saturated heterocycles. The number of esters is 1. The molecule has 2 rings (SSSR count). The Balaban J connectivity index is 2.36. The molecule has 0 radical (unpaired) electrons. The van der Waals surface area contributed by atoms with Gasteiger partial charge in [-0.05, 0) is 23.8 Å². The van der Waals surface area contributed by atoms with E-state index in [4.69, 9.17) is 4.74 Å². The maximum absolute atomic E-state index is 12.4. The molecule has 0 fully saturated rings. The number of ether oxygens (including phenoxy) is 1. The largest absolute Gasteiger partial charge is 0.466 e. The van der Waals surface area contributed by atoms with Crippen LogP contribution in [-0.4, -0.2) is 27.2 Å². The average Bonchev–Trinajstić information content (AvgIpc) is 2.55. The second-order valence-corrected chi connectivity index (χ2v) is 6.63. The van der Waals surface area contributed by atoms with E-state index in [-0.39, 0.29) is 10.5 Å². The second-order valence-electron chi connectivity index (χ2n) is 4.64. The van der Waals surface area contributed by atoms with Crippen molar-refractivity contribution in [3.05, 3.63) is 71.8 Å². The van der Waals surface area contributed by atoms with Gasteiger partial charge in [0.25, 0.3) is 0 Å². The fourth-order valence-electron chi connectivity index (χ4n) is 1.96. The zero-order valence-electron chi connectivity index (χ0n) is 12.1. The molecule has 2 aromatic carbocycles. The lowest BCUT2D eigenvalue weighted by molar-refractivity contribution is -0.135. The lowest BCUT2D eigenvalue weighted by atomic mass is 10.1. The molecule has 0 atom stereocenters. The minimum absolute atomic E-state index is 0.0950. The van der Waals surface area contributed by atoms with Crippen LogP contribution >= 0.6 is 0 Å². The fraction of sp³-hybridized carbons (Fsp3) is 0.118. The maximum Gasteiger partial charge on any atom is 0.334 e. The van der Waals surface area contributed by atoms with Crippen molar-refractivity contribution in [1.82, 2.24) is 0 Å². The second kappa shape index (κ2) is 7.04. The predicted octanol–water partition coefficient (Wildman–Crippen LogP) is 2.72. The number of benzene rings is 2. The highest BCUT2D eigenvalue weighted by Gasteiger charge is 2.21. The minimum Gasteiger partial charge on any atom is -0.466 e. The summed E-state index contributed by atoms with van der Waals surface area (Å²) >= 11 is 0. The van der Waals surface area contributed by atoms with Crippen LogP contribution in [0.5, 0.6) is 0 Å². The number of carbonyl (C=O) groups is 1. The molecule has 0 aliphatic rings. The molecule has 0 N–H and O–H groups in total. The first-order valence-electron chi connectivity index (χ1n) is 6.64. The van der Waals surface area contributed by atoms with E-state index < -0.39 is 21.6 Å². The van der Waals surface area contributed by atoms with Crippen LogP contribution in [0.3, 0.4) is 0 Å². The number of hydrogen-bond donors (Lipinski definition) is 0. The van der Waals surface area contributed by atoms with Crippen LogP contribution in [0.15, 0.2) is 71.1 Å². The van der Waals surface area contributed by atoms with Crippen LogP contribution in [0.4, 0.5) is 0 Å². The van der Waals surface area contributed by atoms with E-state index in [9.17, 15) is 13.2 Å². The van der Waals surface area contributed by atoms with Crippen molar-refractivity contribution >= 4 is 21.9 Å². The first kappa shape index (κ1) is 16.0. The van der Waals surface area contributed by atoms with Gasteiger partial charge in [0.15, 0.2) is 9.84 Å². The number of sulfone groups is 1. The maximum atomic E-state index is 12.4. The normalized spacial score (nSPS) is 12.0. The summed E-state index contributed by atoms with van der Waals surface area (Å²) in [7, 11) is -2.37. The summed E-state index contributed by atoms with van der Waals surface area (Å²) < 4.78 is 29.5. The summed E-state index contributed by atoms with van der Waals surface area (Å²) in [6.07, 6.45) is 1.53. The lowest BCUT2D eigenvalue weighted by Crippen LogP contribution is -2.16. The van der Waals surface area contributed by atoms with E-state index in [1.807, 2.05) is 18.2 Å². The molecule has 5 heteroatoms. The number of hydrogen-bond acceptors (Lipinski definition) is 4. The van der Waals surface area contributed by atoms with E-state index in [1.54, 1.807) is 30.3 Å². The molecule has 0 unspecified atom stereocenters. The highest BCUT2D eigenvalue weighted by atomic mass is 32.2. The Morgan fingerprint density at radius 2 is 1.55 bits per heavy atom. The minimum atomic E-state index is -3.60. The van der Waals surface area contributed by atoms with Crippen molar-refractivity contribution in [1.29, 1.82) is 0 Å². The highest BCUT2D eigenvalue weighted by Crippen LogP contribution is 2.16. The number of methoxy groups -OCH3 is 1. The van der Waals surface area contributed by atoms with Gasteiger partial charge in [-0.1, -0.05) is 48.5 Å². The summed E-state index contributed by atoms with van der Waals surface area (Å²) in [6, 6.07) is 17.1. The highest BCUT2D eigenvalue weighted by molar-refractivity contribution is 7.91. The van der Waals surface area contributed by atoms with Crippen molar-refractivity contribution in [3.63, 3.8) is 0 Å². The Hall–Kier alpha value is -2.40. The van der Waals surface area contributed by atoms with Gasteiger partial charge in [0, 0.05) is 0 Å². The molecule has 0 amide bonds. The number of rotatable bonds is 5. The topological polar surface area (TPSA) is 60.4 Å². The van der Waals surface area contributed by atoms with Crippen LogP contribution in [0, 0.1) is 0 Å². The Labute approximate surface area is 130 Å². The van der Waals surface area contributed by atoms with Gasteiger partial charge in [-0.3, -0.25) is 0 Å². The summed E-state index contributed by atoms with van der Waals surface area (Å²) in [6.45, 7) is 0. The molecule has 0 spiro atoms. The molecule has 114 valence electrons. The zero-order valence-corrected chi connectivity index (χ0v) is 12.9. The molecule has 22 heavy (non-hydrogen) atoms. The van der Waals surface area contributed by atoms with Gasteiger partial charge in [-0.2, -0.15) is 0 Å². The monoisotopic (exact) mass is 316 g/mol. The van der Waals surface area contributed by atoms with Crippen LogP contribution < -0.4 is 0 Å². The van der Waals surface area contributed by atoms with Crippen molar-refractivity contribution in [3.8, 4) is 0 Å². The Morgan fingerprint density at radius 1 is 1.00 bits per heavy atom. The van der Waals surface area contributed by atoms with Gasteiger partial charge in [0.1, 0.15) is 0 Å². The van der Waals surface area contributed by atoms with Crippen molar-refractivity contribution in [2.45, 2.75) is 4.90 Å². The average molecular weight is 316 g/mol. The third-order valence-electron chi connectivity index (χ3n) is 3.04. The van der Waals surface area contributed by atoms with E-state index in [0.717, 1.165) is 5.56 Å². The Bertz CT molecular complexity index is 763. The molecule has 0 aliphatic carbocycles. The summed E-state index contributed by atoms with van der Waals surface area (Å²) in [5.41, 5.74) is 0.837. The van der Waals surface area contributed by atoms with E-state index in [1.165, 1.54) is 25.3 Å². The molecular weight excluding hydrogens is 300 g/mol.